The molecule has 2 aromatic rings. The average Bonchev–Trinajstić information content (AvgIpc) is 2.50. The van der Waals surface area contributed by atoms with Crippen molar-refractivity contribution in [3.8, 4) is 0 Å². The summed E-state index contributed by atoms with van der Waals surface area (Å²) in [6, 6.07) is 0. The van der Waals surface area contributed by atoms with Crippen LogP contribution in [0.5, 0.6) is 0 Å². The number of hydrogen-bond donors (Lipinski definition) is 0. The SMILES string of the molecule is C=Cc1nccn2ccnc12. The number of hydrogen-bond acceptors (Lipinski definition) is 2. The topological polar surface area (TPSA) is 30.2 Å². The summed E-state index contributed by atoms with van der Waals surface area (Å²) in [7, 11) is 0. The maximum atomic E-state index is 4.12. The van der Waals surface area contributed by atoms with Crippen LogP contribution in [-0.2, 0) is 0 Å². The minimum Gasteiger partial charge on any atom is -0.304 e. The van der Waals surface area contributed by atoms with E-state index in [2.05, 4.69) is 16.5 Å². The molecule has 0 aliphatic carbocycles. The van der Waals surface area contributed by atoms with Gasteiger partial charge in [-0.1, -0.05) is 6.58 Å². The molecule has 0 aliphatic heterocycles. The monoisotopic (exact) mass is 145 g/mol. The van der Waals surface area contributed by atoms with Crippen molar-refractivity contribution in [2.45, 2.75) is 0 Å². The van der Waals surface area contributed by atoms with Crippen LogP contribution >= 0.6 is 0 Å². The lowest BCUT2D eigenvalue weighted by atomic mass is 10.4. The number of aromatic nitrogens is 3. The molecule has 0 unspecified atom stereocenters. The standard InChI is InChI=1S/C8H7N3/c1-2-7-8-10-4-6-11(8)5-3-9-7/h2-6H,1H2. The van der Waals surface area contributed by atoms with Gasteiger partial charge in [0.2, 0.25) is 0 Å². The van der Waals surface area contributed by atoms with E-state index >= 15 is 0 Å². The molecule has 0 bridgehead atoms. The summed E-state index contributed by atoms with van der Waals surface area (Å²) in [6.45, 7) is 3.64. The molecule has 2 rings (SSSR count). The van der Waals surface area contributed by atoms with Crippen LogP contribution in [0.1, 0.15) is 5.69 Å². The van der Waals surface area contributed by atoms with Crippen LogP contribution in [0.2, 0.25) is 0 Å². The van der Waals surface area contributed by atoms with Crippen LogP contribution < -0.4 is 0 Å². The van der Waals surface area contributed by atoms with Gasteiger partial charge in [-0.15, -0.1) is 0 Å². The van der Waals surface area contributed by atoms with E-state index in [1.54, 1.807) is 18.5 Å². The van der Waals surface area contributed by atoms with Crippen molar-refractivity contribution in [1.29, 1.82) is 0 Å². The predicted octanol–water partition coefficient (Wildman–Crippen LogP) is 1.37. The highest BCUT2D eigenvalue weighted by Gasteiger charge is 1.97. The van der Waals surface area contributed by atoms with Crippen LogP contribution in [0.3, 0.4) is 0 Å². The minimum atomic E-state index is 0.817. The van der Waals surface area contributed by atoms with Gasteiger partial charge in [0, 0.05) is 24.8 Å². The molecule has 0 spiro atoms. The Labute approximate surface area is 64.0 Å². The summed E-state index contributed by atoms with van der Waals surface area (Å²) in [5, 5.41) is 0. The molecule has 0 saturated carbocycles. The van der Waals surface area contributed by atoms with Gasteiger partial charge >= 0.3 is 0 Å². The summed E-state index contributed by atoms with van der Waals surface area (Å²) in [5.74, 6) is 0. The quantitative estimate of drug-likeness (QED) is 0.606. The van der Waals surface area contributed by atoms with Crippen LogP contribution in [0, 0.1) is 0 Å². The molecule has 0 atom stereocenters. The molecule has 54 valence electrons. The number of rotatable bonds is 1. The lowest BCUT2D eigenvalue weighted by Gasteiger charge is -1.94. The molecular formula is C8H7N3. The van der Waals surface area contributed by atoms with Crippen molar-refractivity contribution >= 4 is 11.7 Å². The molecule has 0 fully saturated rings. The fraction of sp³-hybridized carbons (Fsp3) is 0. The lowest BCUT2D eigenvalue weighted by Crippen LogP contribution is -1.88. The van der Waals surface area contributed by atoms with Crippen LogP contribution in [0.25, 0.3) is 11.7 Å². The highest BCUT2D eigenvalue weighted by molar-refractivity contribution is 5.59. The van der Waals surface area contributed by atoms with Crippen molar-refractivity contribution in [1.82, 2.24) is 14.4 Å². The van der Waals surface area contributed by atoms with Gasteiger partial charge in [0.25, 0.3) is 0 Å². The molecular weight excluding hydrogens is 138 g/mol. The van der Waals surface area contributed by atoms with E-state index in [0.717, 1.165) is 11.3 Å². The van der Waals surface area contributed by atoms with Crippen LogP contribution in [0.4, 0.5) is 0 Å². The van der Waals surface area contributed by atoms with E-state index in [-0.39, 0.29) is 0 Å². The number of nitrogens with zero attached hydrogens (tertiary/aromatic N) is 3. The third kappa shape index (κ3) is 0.816. The van der Waals surface area contributed by atoms with E-state index in [1.807, 2.05) is 16.8 Å². The summed E-state index contributed by atoms with van der Waals surface area (Å²) in [6.07, 6.45) is 8.90. The zero-order valence-corrected chi connectivity index (χ0v) is 5.94. The molecule has 0 saturated heterocycles. The van der Waals surface area contributed by atoms with Gasteiger partial charge in [-0.25, -0.2) is 4.98 Å². The minimum absolute atomic E-state index is 0.817. The third-order valence-corrected chi connectivity index (χ3v) is 1.53. The lowest BCUT2D eigenvalue weighted by molar-refractivity contribution is 1.12. The Hall–Kier alpha value is -1.64. The van der Waals surface area contributed by atoms with Gasteiger partial charge in [-0.2, -0.15) is 0 Å². The van der Waals surface area contributed by atoms with E-state index < -0.39 is 0 Å². The van der Waals surface area contributed by atoms with Crippen molar-refractivity contribution in [3.05, 3.63) is 37.1 Å². The molecule has 11 heavy (non-hydrogen) atoms. The second-order valence-corrected chi connectivity index (χ2v) is 2.17. The van der Waals surface area contributed by atoms with Gasteiger partial charge in [-0.05, 0) is 6.08 Å². The van der Waals surface area contributed by atoms with Crippen molar-refractivity contribution in [3.63, 3.8) is 0 Å². The maximum absolute atomic E-state index is 4.12. The summed E-state index contributed by atoms with van der Waals surface area (Å²) >= 11 is 0. The fourth-order valence-electron chi connectivity index (χ4n) is 1.02. The Morgan fingerprint density at radius 1 is 1.27 bits per heavy atom. The summed E-state index contributed by atoms with van der Waals surface area (Å²) in [4.78, 5) is 8.21. The molecule has 0 aliphatic rings. The van der Waals surface area contributed by atoms with Gasteiger partial charge in [-0.3, -0.25) is 4.98 Å². The zero-order valence-electron chi connectivity index (χ0n) is 5.94. The molecule has 0 radical (unpaired) electrons. The van der Waals surface area contributed by atoms with Crippen molar-refractivity contribution in [2.75, 3.05) is 0 Å². The number of imidazole rings is 1. The van der Waals surface area contributed by atoms with E-state index in [0.29, 0.717) is 0 Å². The second-order valence-electron chi connectivity index (χ2n) is 2.17. The Morgan fingerprint density at radius 3 is 2.73 bits per heavy atom. The molecule has 0 amide bonds. The van der Waals surface area contributed by atoms with E-state index in [9.17, 15) is 0 Å². The first-order valence-electron chi connectivity index (χ1n) is 3.32. The normalized spacial score (nSPS) is 10.2. The van der Waals surface area contributed by atoms with E-state index in [1.165, 1.54) is 0 Å². The van der Waals surface area contributed by atoms with Gasteiger partial charge in [0.05, 0.1) is 0 Å². The zero-order chi connectivity index (χ0) is 7.68. The molecule has 2 aromatic heterocycles. The summed E-state index contributed by atoms with van der Waals surface area (Å²) in [5.41, 5.74) is 1.67. The third-order valence-electron chi connectivity index (χ3n) is 1.53. The highest BCUT2D eigenvalue weighted by atomic mass is 15.0. The predicted molar refractivity (Wildman–Crippen MR) is 43.1 cm³/mol. The van der Waals surface area contributed by atoms with Gasteiger partial charge in [0.1, 0.15) is 5.69 Å². The Bertz CT molecular complexity index is 389. The first-order chi connectivity index (χ1) is 5.42. The molecule has 2 heterocycles. The smallest absolute Gasteiger partial charge is 0.162 e. The van der Waals surface area contributed by atoms with Gasteiger partial charge in [0.15, 0.2) is 5.65 Å². The largest absolute Gasteiger partial charge is 0.304 e. The average molecular weight is 145 g/mol. The Balaban J connectivity index is 2.88. The summed E-state index contributed by atoms with van der Waals surface area (Å²) < 4.78 is 1.91. The fourth-order valence-corrected chi connectivity index (χ4v) is 1.02. The molecule has 0 aromatic carbocycles. The Kier molecular flexibility index (Phi) is 1.22. The molecule has 3 heteroatoms. The Morgan fingerprint density at radius 2 is 2.00 bits per heavy atom. The van der Waals surface area contributed by atoms with E-state index in [4.69, 9.17) is 0 Å². The number of fused-ring (bicyclic) bond motifs is 1. The van der Waals surface area contributed by atoms with Crippen LogP contribution in [0.15, 0.2) is 31.4 Å². The highest BCUT2D eigenvalue weighted by Crippen LogP contribution is 2.05. The van der Waals surface area contributed by atoms with Crippen molar-refractivity contribution < 1.29 is 0 Å². The van der Waals surface area contributed by atoms with Gasteiger partial charge < -0.3 is 4.40 Å². The first kappa shape index (κ1) is 6.09. The molecule has 0 N–H and O–H groups in total. The van der Waals surface area contributed by atoms with Crippen molar-refractivity contribution in [2.24, 2.45) is 0 Å². The first-order valence-corrected chi connectivity index (χ1v) is 3.32. The second kappa shape index (κ2) is 2.20. The maximum Gasteiger partial charge on any atom is 0.162 e. The molecule has 3 nitrogen and oxygen atoms in total. The van der Waals surface area contributed by atoms with Crippen LogP contribution in [-0.4, -0.2) is 14.4 Å².